The average molecular weight is 737 g/mol. The molecule has 0 unspecified atom stereocenters. The van der Waals surface area contributed by atoms with Crippen LogP contribution in [0.15, 0.2) is 23.8 Å². The Balaban J connectivity index is 1.24. The molecule has 4 aromatic heterocycles. The quantitative estimate of drug-likeness (QED) is 0.148. The van der Waals surface area contributed by atoms with Crippen LogP contribution in [0.2, 0.25) is 0 Å². The second-order valence-corrected chi connectivity index (χ2v) is 16.7. The van der Waals surface area contributed by atoms with Crippen molar-refractivity contribution < 1.29 is 45.8 Å². The molecule has 20 nitrogen and oxygen atoms in total. The number of ether oxygens (including phenoxy) is 3. The Kier molecular flexibility index (Phi) is 8.19. The van der Waals surface area contributed by atoms with Crippen molar-refractivity contribution in [3.63, 3.8) is 0 Å². The van der Waals surface area contributed by atoms with Gasteiger partial charge in [-0.15, -0.1) is 0 Å². The third kappa shape index (κ3) is 5.76. The Hall–Kier alpha value is -2.69. The molecule has 7 rings (SSSR count). The van der Waals surface area contributed by atoms with Crippen molar-refractivity contribution in [3.05, 3.63) is 29.3 Å². The van der Waals surface area contributed by atoms with Gasteiger partial charge in [0.15, 0.2) is 41.3 Å². The Morgan fingerprint density at radius 3 is 2.49 bits per heavy atom. The number of rotatable bonds is 3. The highest BCUT2D eigenvalue weighted by Crippen LogP contribution is 2.62. The third-order valence-corrected chi connectivity index (χ3v) is 11.1. The summed E-state index contributed by atoms with van der Waals surface area (Å²) in [4.78, 5) is 35.2. The van der Waals surface area contributed by atoms with Gasteiger partial charge in [-0.1, -0.05) is 24.5 Å². The van der Waals surface area contributed by atoms with Crippen LogP contribution in [-0.2, 0) is 41.4 Å². The van der Waals surface area contributed by atoms with Crippen molar-refractivity contribution >= 4 is 72.2 Å². The van der Waals surface area contributed by atoms with Crippen LogP contribution in [0.4, 0.5) is 16.2 Å². The lowest BCUT2D eigenvalue weighted by molar-refractivity contribution is -0.112. The van der Waals surface area contributed by atoms with E-state index in [2.05, 4.69) is 54.4 Å². The van der Waals surface area contributed by atoms with Crippen LogP contribution in [0, 0.1) is 0 Å². The highest BCUT2D eigenvalue weighted by Gasteiger charge is 2.59. The molecule has 0 spiro atoms. The summed E-state index contributed by atoms with van der Waals surface area (Å²) in [5, 5.41) is 0. The van der Waals surface area contributed by atoms with Crippen LogP contribution in [0.3, 0.4) is 0 Å². The number of nitrogens with one attached hydrogen (secondary N) is 1. The van der Waals surface area contributed by atoms with Crippen LogP contribution in [0.1, 0.15) is 19.4 Å². The topological polar surface area (TPSA) is 258 Å². The molecule has 0 saturated carbocycles. The maximum Gasteiger partial charge on any atom is 0.386 e. The number of imidazole rings is 2. The van der Waals surface area contributed by atoms with Gasteiger partial charge < -0.3 is 25.7 Å². The summed E-state index contributed by atoms with van der Waals surface area (Å²) in [6, 6.07) is 0. The van der Waals surface area contributed by atoms with Gasteiger partial charge in [0, 0.05) is 7.11 Å². The van der Waals surface area contributed by atoms with Crippen LogP contribution in [-0.4, -0.2) is 95.6 Å². The molecule has 4 aromatic rings. The number of thiol groups is 2. The number of aromatic nitrogens is 8. The van der Waals surface area contributed by atoms with E-state index in [1.807, 2.05) is 0 Å². The lowest BCUT2D eigenvalue weighted by atomic mass is 9.98. The van der Waals surface area contributed by atoms with Crippen molar-refractivity contribution in [1.29, 1.82) is 0 Å². The lowest BCUT2D eigenvalue weighted by Crippen LogP contribution is -2.46. The van der Waals surface area contributed by atoms with Gasteiger partial charge in [-0.3, -0.25) is 37.0 Å². The second kappa shape index (κ2) is 11.7. The first-order valence-electron chi connectivity index (χ1n) is 13.7. The third-order valence-electron chi connectivity index (χ3n) is 7.91. The minimum Gasteiger partial charge on any atom is -0.382 e. The standard InChI is InChI=1S/C22H27FN10O10P2S2/c1-22-4-39-45(36,47)42-12-9(23)8(40-19(12)33-7-29-11-17(33)30-21(25)31-18(11)34)3-38-44(35,46)43-14(22)13(37-2)20(41-22)32-6-28-10-15(24)26-5-27-16(10)32/h5-9,12-14,19-20H,3-4H2,1-2H3,(H,35,46)(H,36,47)(H2,24,26,27)(H3,25,30,31,34)/t8-,9-,12-,13-,14+,19-,20-,22-,44-,45+/m1/s1. The highest BCUT2D eigenvalue weighted by atomic mass is 32.7. The fourth-order valence-corrected chi connectivity index (χ4v) is 8.78. The van der Waals surface area contributed by atoms with Crippen LogP contribution in [0.25, 0.3) is 22.3 Å². The predicted molar refractivity (Wildman–Crippen MR) is 165 cm³/mol. The second-order valence-electron chi connectivity index (χ2n) is 11.0. The van der Waals surface area contributed by atoms with Crippen molar-refractivity contribution in [2.45, 2.75) is 55.6 Å². The summed E-state index contributed by atoms with van der Waals surface area (Å²) in [6.07, 6.45) is -6.28. The molecular weight excluding hydrogens is 709 g/mol. The number of H-pyrrole nitrogens is 1. The number of anilines is 2. The van der Waals surface area contributed by atoms with Crippen molar-refractivity contribution in [2.75, 3.05) is 31.8 Å². The molecule has 47 heavy (non-hydrogen) atoms. The average Bonchev–Trinajstić information content (AvgIpc) is 3.75. The molecule has 5 N–H and O–H groups in total. The number of methoxy groups -OCH3 is 1. The van der Waals surface area contributed by atoms with Crippen LogP contribution < -0.4 is 17.0 Å². The Bertz CT molecular complexity index is 2020. The zero-order valence-corrected chi connectivity index (χ0v) is 27.8. The maximum atomic E-state index is 16.0. The SMILES string of the molecule is CO[C@H]1[C@H](n2cnc3c(N)ncnc32)O[C@]2(C)CO[P@](=O)(S)O[C@@H]3[C@H](F)[C@@H](CO[P@@](=O)(S)O[C@@H]12)O[C@H]3n1cnc2c(=O)[nH]c(N)nc21. The molecule has 7 heterocycles. The number of alkyl halides is 1. The number of hydrogen-bond donors (Lipinski definition) is 5. The first kappa shape index (κ1) is 32.8. The Morgan fingerprint density at radius 1 is 1.04 bits per heavy atom. The first-order chi connectivity index (χ1) is 22.2. The van der Waals surface area contributed by atoms with Gasteiger partial charge in [-0.2, -0.15) is 4.98 Å². The number of nitrogens with zero attached hydrogens (tertiary/aromatic N) is 7. The molecule has 0 radical (unpaired) electrons. The molecule has 254 valence electrons. The van der Waals surface area contributed by atoms with E-state index in [1.54, 1.807) is 0 Å². The van der Waals surface area contributed by atoms with E-state index in [9.17, 15) is 13.9 Å². The summed E-state index contributed by atoms with van der Waals surface area (Å²) in [7, 11) is 1.36. The van der Waals surface area contributed by atoms with Gasteiger partial charge in [0.1, 0.15) is 41.9 Å². The van der Waals surface area contributed by atoms with Gasteiger partial charge in [0.2, 0.25) is 5.95 Å². The van der Waals surface area contributed by atoms with Gasteiger partial charge in [-0.05, 0) is 6.92 Å². The monoisotopic (exact) mass is 736 g/mol. The molecular formula is C22H27FN10O10P2S2. The largest absolute Gasteiger partial charge is 0.386 e. The van der Waals surface area contributed by atoms with E-state index in [0.29, 0.717) is 0 Å². The van der Waals surface area contributed by atoms with Gasteiger partial charge in [-0.25, -0.2) is 33.5 Å². The first-order valence-corrected chi connectivity index (χ1v) is 19.1. The van der Waals surface area contributed by atoms with Crippen molar-refractivity contribution in [1.82, 2.24) is 39.0 Å². The Labute approximate surface area is 273 Å². The molecule has 0 aliphatic carbocycles. The summed E-state index contributed by atoms with van der Waals surface area (Å²) < 4.78 is 86.8. The van der Waals surface area contributed by atoms with E-state index >= 15 is 4.39 Å². The maximum absolute atomic E-state index is 16.0. The van der Waals surface area contributed by atoms with E-state index in [4.69, 9.17) is 43.8 Å². The molecule has 0 amide bonds. The Morgan fingerprint density at radius 2 is 1.74 bits per heavy atom. The van der Waals surface area contributed by atoms with Crippen LogP contribution >= 0.6 is 38.1 Å². The molecule has 2 bridgehead atoms. The van der Waals surface area contributed by atoms with Crippen LogP contribution in [0.5, 0.6) is 0 Å². The number of aromatic amines is 1. The molecule has 3 fully saturated rings. The smallest absolute Gasteiger partial charge is 0.382 e. The molecule has 25 heteroatoms. The normalized spacial score (nSPS) is 38.2. The zero-order valence-electron chi connectivity index (χ0n) is 24.2. The van der Waals surface area contributed by atoms with E-state index < -0.39 is 81.0 Å². The fourth-order valence-electron chi connectivity index (χ4n) is 5.74. The van der Waals surface area contributed by atoms with Gasteiger partial charge >= 0.3 is 13.6 Å². The number of fused-ring (bicyclic) bond motifs is 5. The molecule has 3 aliphatic rings. The minimum absolute atomic E-state index is 0.0803. The molecule has 10 atom stereocenters. The van der Waals surface area contributed by atoms with Crippen molar-refractivity contribution in [2.24, 2.45) is 0 Å². The predicted octanol–water partition coefficient (Wildman–Crippen LogP) is 1.55. The van der Waals surface area contributed by atoms with E-state index in [-0.39, 0.29) is 34.1 Å². The summed E-state index contributed by atoms with van der Waals surface area (Å²) in [5.41, 5.74) is 9.75. The van der Waals surface area contributed by atoms with Gasteiger partial charge in [0.05, 0.1) is 25.9 Å². The lowest BCUT2D eigenvalue weighted by Gasteiger charge is -2.33. The van der Waals surface area contributed by atoms with E-state index in [0.717, 1.165) is 6.33 Å². The zero-order chi connectivity index (χ0) is 33.5. The number of nitrogen functional groups attached to an aromatic ring is 2. The highest BCUT2D eigenvalue weighted by molar-refractivity contribution is 8.44. The summed E-state index contributed by atoms with van der Waals surface area (Å²) in [6.45, 7) is -8.57. The number of nitrogens with two attached hydrogens (primary N) is 2. The van der Waals surface area contributed by atoms with E-state index in [1.165, 1.54) is 35.8 Å². The molecule has 3 saturated heterocycles. The molecule has 3 aliphatic heterocycles. The van der Waals surface area contributed by atoms with Gasteiger partial charge in [0.25, 0.3) is 5.56 Å². The summed E-state index contributed by atoms with van der Waals surface area (Å²) in [5.74, 6) is -0.131. The number of halogens is 1. The van der Waals surface area contributed by atoms with Crippen molar-refractivity contribution in [3.8, 4) is 0 Å². The minimum atomic E-state index is -4.47. The summed E-state index contributed by atoms with van der Waals surface area (Å²) >= 11 is 8.25. The number of hydrogen-bond acceptors (Lipinski definition) is 17. The molecule has 0 aromatic carbocycles. The fraction of sp³-hybridized carbons (Fsp3) is 0.545.